The summed E-state index contributed by atoms with van der Waals surface area (Å²) >= 11 is 0. The van der Waals surface area contributed by atoms with Crippen molar-refractivity contribution in [1.29, 1.82) is 0 Å². The molecule has 0 saturated carbocycles. The molecule has 2 atom stereocenters. The fraction of sp³-hybridized carbons (Fsp3) is 0.792. The molecule has 0 aliphatic carbocycles. The number of esters is 2. The number of likely N-dealkylation sites (N-methyl/N-ethyl adjacent to an activating group) is 1. The maximum atomic E-state index is 13.0. The number of phosphoric ester groups is 1. The van der Waals surface area contributed by atoms with Crippen LogP contribution in [-0.4, -0.2) is 74.9 Å². The largest absolute Gasteiger partial charge is 0.472 e. The van der Waals surface area contributed by atoms with Gasteiger partial charge in [0, 0.05) is 12.8 Å². The Bertz CT molecular complexity index is 2170. The van der Waals surface area contributed by atoms with Gasteiger partial charge in [0.2, 0.25) is 0 Å². The second kappa shape index (κ2) is 85.7. The van der Waals surface area contributed by atoms with Crippen molar-refractivity contribution in [3.05, 3.63) is 109 Å². The molecule has 0 heterocycles. The summed E-state index contributed by atoms with van der Waals surface area (Å²) in [4.78, 5) is 36.1. The van der Waals surface area contributed by atoms with E-state index in [1.165, 1.54) is 321 Å². The molecule has 0 fully saturated rings. The van der Waals surface area contributed by atoms with Crippen LogP contribution in [0, 0.1) is 0 Å². The number of carbonyl (C=O) groups excluding carboxylic acids is 2. The third-order valence-corrected chi connectivity index (χ3v) is 21.3. The molecule has 1 N–H and O–H groups in total. The summed E-state index contributed by atoms with van der Waals surface area (Å²) in [5, 5.41) is 0. The van der Waals surface area contributed by atoms with E-state index in [0.717, 1.165) is 83.5 Å². The second-order valence-electron chi connectivity index (χ2n) is 32.0. The Labute approximate surface area is 658 Å². The first-order valence-corrected chi connectivity index (χ1v) is 47.1. The van der Waals surface area contributed by atoms with Crippen molar-refractivity contribution < 1.29 is 42.1 Å². The van der Waals surface area contributed by atoms with Gasteiger partial charge in [-0.2, -0.15) is 0 Å². The summed E-state index contributed by atoms with van der Waals surface area (Å²) in [5.41, 5.74) is 0. The quantitative estimate of drug-likeness (QED) is 0.0211. The van der Waals surface area contributed by atoms with Gasteiger partial charge in [-0.25, -0.2) is 4.57 Å². The summed E-state index contributed by atoms with van der Waals surface area (Å²) in [5.74, 6) is -0.775. The molecule has 0 amide bonds. The summed E-state index contributed by atoms with van der Waals surface area (Å²) in [6.07, 6.45) is 123. The SMILES string of the molecule is CC/C=C\C/C=C\C/C=C\C/C=C\C/C=C\C/C=C\CCCCCCCCCCCCCCCCCCCCCCCCC(=O)OC(COC(=O)CCCCCCCCCCCCCCCCCCCCCCCCCCCC/C=C\C/C=C\C/C=C\CCCCCCC)COP(=O)(O)OCC[N+](C)(C)C. The van der Waals surface area contributed by atoms with Gasteiger partial charge in [0.25, 0.3) is 0 Å². The Balaban J connectivity index is 3.86. The van der Waals surface area contributed by atoms with Gasteiger partial charge >= 0.3 is 19.8 Å². The lowest BCUT2D eigenvalue weighted by Crippen LogP contribution is -2.37. The van der Waals surface area contributed by atoms with Crippen molar-refractivity contribution in [1.82, 2.24) is 0 Å². The molecule has 0 aromatic heterocycles. The molecule has 616 valence electrons. The Kier molecular flexibility index (Phi) is 83.0. The Morgan fingerprint density at radius 2 is 0.538 bits per heavy atom. The smallest absolute Gasteiger partial charge is 0.462 e. The van der Waals surface area contributed by atoms with Crippen molar-refractivity contribution in [2.75, 3.05) is 47.5 Å². The number of hydrogen-bond donors (Lipinski definition) is 1. The van der Waals surface area contributed by atoms with Crippen LogP contribution in [0.2, 0.25) is 0 Å². The van der Waals surface area contributed by atoms with E-state index in [1.54, 1.807) is 0 Å². The maximum absolute atomic E-state index is 13.0. The monoisotopic (exact) mass is 1500 g/mol. The molecule has 0 spiro atoms. The Morgan fingerprint density at radius 3 is 0.802 bits per heavy atom. The van der Waals surface area contributed by atoms with Crippen molar-refractivity contribution in [2.24, 2.45) is 0 Å². The Morgan fingerprint density at radius 1 is 0.302 bits per heavy atom. The lowest BCUT2D eigenvalue weighted by atomic mass is 10.0. The number of ether oxygens (including phenoxy) is 2. The van der Waals surface area contributed by atoms with Crippen molar-refractivity contribution in [3.63, 3.8) is 0 Å². The number of hydrogen-bond acceptors (Lipinski definition) is 7. The first-order valence-electron chi connectivity index (χ1n) is 45.6. The zero-order valence-corrected chi connectivity index (χ0v) is 71.6. The molecule has 0 rings (SSSR count). The molecule has 10 heteroatoms. The van der Waals surface area contributed by atoms with E-state index in [1.807, 2.05) is 21.1 Å². The number of carbonyl (C=O) groups is 2. The fourth-order valence-corrected chi connectivity index (χ4v) is 14.1. The van der Waals surface area contributed by atoms with Crippen LogP contribution in [0.4, 0.5) is 0 Å². The highest BCUT2D eigenvalue weighted by Crippen LogP contribution is 2.43. The molecule has 0 aliphatic rings. The van der Waals surface area contributed by atoms with Crippen LogP contribution < -0.4 is 0 Å². The number of unbranched alkanes of at least 4 members (excludes halogenated alkanes) is 53. The van der Waals surface area contributed by atoms with E-state index < -0.39 is 26.5 Å². The van der Waals surface area contributed by atoms with Gasteiger partial charge in [-0.15, -0.1) is 0 Å². The van der Waals surface area contributed by atoms with Crippen molar-refractivity contribution in [2.45, 2.75) is 444 Å². The highest BCUT2D eigenvalue weighted by molar-refractivity contribution is 7.47. The number of rotatable bonds is 85. The lowest BCUT2D eigenvalue weighted by Gasteiger charge is -2.24. The number of allylic oxidation sites excluding steroid dienone is 18. The predicted molar refractivity (Wildman–Crippen MR) is 464 cm³/mol. The van der Waals surface area contributed by atoms with Gasteiger partial charge in [0.15, 0.2) is 6.10 Å². The van der Waals surface area contributed by atoms with E-state index in [2.05, 4.69) is 123 Å². The molecule has 0 bridgehead atoms. The first-order chi connectivity index (χ1) is 52.0. The van der Waals surface area contributed by atoms with E-state index >= 15 is 0 Å². The molecule has 2 unspecified atom stereocenters. The van der Waals surface area contributed by atoms with E-state index in [9.17, 15) is 19.0 Å². The summed E-state index contributed by atoms with van der Waals surface area (Å²) in [7, 11) is 1.50. The van der Waals surface area contributed by atoms with Gasteiger partial charge < -0.3 is 18.9 Å². The van der Waals surface area contributed by atoms with Gasteiger partial charge in [0.1, 0.15) is 19.8 Å². The van der Waals surface area contributed by atoms with Crippen molar-refractivity contribution in [3.8, 4) is 0 Å². The van der Waals surface area contributed by atoms with Gasteiger partial charge in [-0.3, -0.25) is 18.6 Å². The molecule has 0 saturated heterocycles. The minimum absolute atomic E-state index is 0.0325. The van der Waals surface area contributed by atoms with Gasteiger partial charge in [-0.05, 0) is 103 Å². The third-order valence-electron chi connectivity index (χ3n) is 20.3. The first kappa shape index (κ1) is 103. The van der Waals surface area contributed by atoms with Gasteiger partial charge in [0.05, 0.1) is 27.7 Å². The maximum Gasteiger partial charge on any atom is 0.472 e. The van der Waals surface area contributed by atoms with Crippen LogP contribution in [0.3, 0.4) is 0 Å². The second-order valence-corrected chi connectivity index (χ2v) is 33.4. The molecule has 0 aromatic rings. The normalized spacial score (nSPS) is 13.5. The fourth-order valence-electron chi connectivity index (χ4n) is 13.4. The zero-order valence-electron chi connectivity index (χ0n) is 70.7. The molecule has 0 aromatic carbocycles. The number of phosphoric acid groups is 1. The highest BCUT2D eigenvalue weighted by atomic mass is 31.2. The summed E-state index contributed by atoms with van der Waals surface area (Å²) in [6.45, 7) is 4.37. The molecule has 106 heavy (non-hydrogen) atoms. The zero-order chi connectivity index (χ0) is 76.8. The van der Waals surface area contributed by atoms with Crippen LogP contribution in [0.25, 0.3) is 0 Å². The van der Waals surface area contributed by atoms with Crippen LogP contribution in [0.1, 0.15) is 438 Å². The summed E-state index contributed by atoms with van der Waals surface area (Å²) in [6, 6.07) is 0. The molecule has 0 aliphatic heterocycles. The van der Waals surface area contributed by atoms with Crippen LogP contribution in [0.5, 0.6) is 0 Å². The van der Waals surface area contributed by atoms with Crippen LogP contribution in [-0.2, 0) is 32.7 Å². The van der Waals surface area contributed by atoms with Gasteiger partial charge in [-0.1, -0.05) is 431 Å². The molecule has 0 radical (unpaired) electrons. The average Bonchev–Trinajstić information content (AvgIpc) is 0.908. The predicted octanol–water partition coefficient (Wildman–Crippen LogP) is 31.1. The van der Waals surface area contributed by atoms with Crippen LogP contribution >= 0.6 is 7.82 Å². The Hall–Kier alpha value is -3.33. The van der Waals surface area contributed by atoms with Crippen LogP contribution in [0.15, 0.2) is 109 Å². The topological polar surface area (TPSA) is 108 Å². The highest BCUT2D eigenvalue weighted by Gasteiger charge is 2.27. The number of nitrogens with zero attached hydrogens (tertiary/aromatic N) is 1. The van der Waals surface area contributed by atoms with E-state index in [4.69, 9.17) is 18.5 Å². The lowest BCUT2D eigenvalue weighted by molar-refractivity contribution is -0.870. The third kappa shape index (κ3) is 89.6. The standard InChI is InChI=1S/C96H174NO8P/c1-6-8-10-12-14-16-18-20-22-24-26-28-30-32-34-36-38-40-42-44-46-48-50-52-54-56-58-60-62-64-66-68-70-72-74-76-78-80-82-84-86-88-95(98)102-92-94(93-104-106(100,101)103-91-90-97(3,4)5)105-96(99)89-87-85-83-81-79-77-75-73-71-69-67-65-63-61-59-57-55-53-51-49-47-45-43-41-39-37-35-33-31-29-27-25-23-21-19-17-15-13-11-9-7-2/h9,11,15,17-18,20-21,23-24,26-27,29-30,32-33,35,39,41,94H,6-8,10,12-14,16,19,22,25,28,31,34,36-38,40,42-93H2,1-5H3/p+1/b11-9-,17-15-,20-18-,23-21-,26-24-,29-27-,32-30-,35-33-,41-39-. The summed E-state index contributed by atoms with van der Waals surface area (Å²) < 4.78 is 34.9. The average molecular weight is 1500 g/mol. The molecular weight excluding hydrogens is 1330 g/mol. The minimum Gasteiger partial charge on any atom is -0.462 e. The van der Waals surface area contributed by atoms with E-state index in [-0.39, 0.29) is 25.6 Å². The molecule has 9 nitrogen and oxygen atoms in total. The van der Waals surface area contributed by atoms with Crippen molar-refractivity contribution >= 4 is 19.8 Å². The minimum atomic E-state index is -4.40. The molecular formula is C96H175NO8P+. The van der Waals surface area contributed by atoms with E-state index in [0.29, 0.717) is 23.9 Å². The number of quaternary nitrogens is 1.